The van der Waals surface area contributed by atoms with Crippen LogP contribution in [0.2, 0.25) is 0 Å². The maximum Gasteiger partial charge on any atom is 0.265 e. The van der Waals surface area contributed by atoms with Gasteiger partial charge in [0.25, 0.3) is 5.91 Å². The Bertz CT molecular complexity index is 1530. The Labute approximate surface area is 255 Å². The van der Waals surface area contributed by atoms with Crippen molar-refractivity contribution in [2.24, 2.45) is 10.4 Å². The number of rotatable bonds is 6. The summed E-state index contributed by atoms with van der Waals surface area (Å²) in [6.07, 6.45) is 4.03. The Morgan fingerprint density at radius 1 is 1.26 bits per heavy atom. The first kappa shape index (κ1) is 29.9. The van der Waals surface area contributed by atoms with Gasteiger partial charge in [0.15, 0.2) is 12.0 Å². The number of hydrazine groups is 2. The van der Waals surface area contributed by atoms with Gasteiger partial charge in [0.05, 0.1) is 34.1 Å². The summed E-state index contributed by atoms with van der Waals surface area (Å²) in [6, 6.07) is 4.93. The molecule has 2 aromatic rings. The van der Waals surface area contributed by atoms with E-state index in [-0.39, 0.29) is 22.7 Å². The van der Waals surface area contributed by atoms with Gasteiger partial charge in [-0.1, -0.05) is 19.9 Å². The fourth-order valence-electron chi connectivity index (χ4n) is 5.94. The fraction of sp³-hybridized carbons (Fsp3) is 0.484. The van der Waals surface area contributed by atoms with Crippen molar-refractivity contribution in [2.45, 2.75) is 52.0 Å². The molecule has 3 atom stereocenters. The van der Waals surface area contributed by atoms with Crippen LogP contribution in [-0.4, -0.2) is 89.3 Å². The fourth-order valence-corrected chi connectivity index (χ4v) is 7.27. The quantitative estimate of drug-likeness (QED) is 0.340. The van der Waals surface area contributed by atoms with E-state index in [4.69, 9.17) is 4.99 Å². The maximum atomic E-state index is 16.1. The lowest BCUT2D eigenvalue weighted by Gasteiger charge is -2.37. The number of nitrogens with zero attached hydrogens (tertiary/aromatic N) is 4. The smallest absolute Gasteiger partial charge is 0.265 e. The predicted octanol–water partition coefficient (Wildman–Crippen LogP) is 3.02. The molecule has 1 aromatic heterocycles. The van der Waals surface area contributed by atoms with Crippen LogP contribution < -0.4 is 16.2 Å². The zero-order valence-electron chi connectivity index (χ0n) is 25.2. The van der Waals surface area contributed by atoms with E-state index in [1.165, 1.54) is 22.8 Å². The van der Waals surface area contributed by atoms with Gasteiger partial charge in [0.1, 0.15) is 0 Å². The molecular weight excluding hydrogens is 569 g/mol. The van der Waals surface area contributed by atoms with E-state index in [1.807, 2.05) is 25.9 Å². The summed E-state index contributed by atoms with van der Waals surface area (Å²) < 4.78 is 16.1. The summed E-state index contributed by atoms with van der Waals surface area (Å²) in [6.45, 7) is 9.34. The molecule has 1 saturated heterocycles. The molecule has 10 nitrogen and oxygen atoms in total. The van der Waals surface area contributed by atoms with Crippen LogP contribution in [0.15, 0.2) is 41.0 Å². The van der Waals surface area contributed by atoms with Crippen molar-refractivity contribution in [1.82, 2.24) is 25.8 Å². The first-order chi connectivity index (χ1) is 20.4. The molecule has 1 fully saturated rings. The highest BCUT2D eigenvalue weighted by molar-refractivity contribution is 7.14. The highest BCUT2D eigenvalue weighted by Crippen LogP contribution is 2.48. The molecule has 0 radical (unpaired) electrons. The summed E-state index contributed by atoms with van der Waals surface area (Å²) in [5, 5.41) is 27.9. The minimum atomic E-state index is -1.02. The number of thiophene rings is 1. The molecule has 1 amide bonds. The summed E-state index contributed by atoms with van der Waals surface area (Å²) in [5.74, 6) is -1.00. The average molecular weight is 610 g/mol. The molecule has 6 rings (SSSR count). The van der Waals surface area contributed by atoms with Crippen molar-refractivity contribution in [2.75, 3.05) is 45.6 Å². The van der Waals surface area contributed by atoms with Crippen LogP contribution in [0.3, 0.4) is 0 Å². The van der Waals surface area contributed by atoms with Gasteiger partial charge in [0.2, 0.25) is 0 Å². The van der Waals surface area contributed by atoms with Crippen LogP contribution >= 0.6 is 11.3 Å². The van der Waals surface area contributed by atoms with Crippen molar-refractivity contribution < 1.29 is 19.4 Å². The van der Waals surface area contributed by atoms with Gasteiger partial charge < -0.3 is 26.0 Å². The molecule has 1 aromatic carbocycles. The lowest BCUT2D eigenvalue weighted by atomic mass is 9.88. The maximum absolute atomic E-state index is 16.1. The molecular formula is C31H40FN7O3S. The summed E-state index contributed by atoms with van der Waals surface area (Å²) in [5.41, 5.74) is 9.79. The van der Waals surface area contributed by atoms with Crippen molar-refractivity contribution in [3.8, 4) is 0 Å². The van der Waals surface area contributed by atoms with E-state index < -0.39 is 24.1 Å². The van der Waals surface area contributed by atoms with Crippen molar-refractivity contribution in [1.29, 1.82) is 0 Å². The molecule has 4 heterocycles. The number of carbonyl (C=O) groups excluding carboxylic acids is 1. The largest absolute Gasteiger partial charge is 0.388 e. The SMILES string of the molecule is Cc1ccc(C2=CC(=NC3C=C(CN4CCC4)N(C)NC3)C(O)N(C)N2)c(F)c1NC(=O)c1cc2c(s1)CC(C)(C)C2O. The lowest BCUT2D eigenvalue weighted by Crippen LogP contribution is -2.51. The van der Waals surface area contributed by atoms with Gasteiger partial charge in [-0.3, -0.25) is 14.7 Å². The van der Waals surface area contributed by atoms with Gasteiger partial charge >= 0.3 is 0 Å². The van der Waals surface area contributed by atoms with Crippen LogP contribution in [0.25, 0.3) is 5.70 Å². The number of nitrogens with one attached hydrogen (secondary N) is 3. The number of halogens is 1. The summed E-state index contributed by atoms with van der Waals surface area (Å²) >= 11 is 1.34. The molecule has 3 aliphatic heterocycles. The molecule has 4 aliphatic rings. The van der Waals surface area contributed by atoms with Crippen LogP contribution in [0.5, 0.6) is 0 Å². The molecule has 3 unspecified atom stereocenters. The van der Waals surface area contributed by atoms with E-state index in [1.54, 1.807) is 38.2 Å². The topological polar surface area (TPSA) is 116 Å². The number of benzene rings is 1. The third-order valence-electron chi connectivity index (χ3n) is 8.82. The van der Waals surface area contributed by atoms with Gasteiger partial charge in [-0.2, -0.15) is 5.01 Å². The number of hydrogen-bond donors (Lipinski definition) is 5. The normalized spacial score (nSPS) is 26.5. The minimum Gasteiger partial charge on any atom is -0.388 e. The Morgan fingerprint density at radius 2 is 2.02 bits per heavy atom. The van der Waals surface area contributed by atoms with E-state index in [2.05, 4.69) is 27.1 Å². The van der Waals surface area contributed by atoms with Crippen LogP contribution in [0.4, 0.5) is 10.1 Å². The number of anilines is 1. The number of likely N-dealkylation sites (tertiary alicyclic amines) is 1. The summed E-state index contributed by atoms with van der Waals surface area (Å²) in [7, 11) is 3.66. The van der Waals surface area contributed by atoms with Crippen molar-refractivity contribution >= 4 is 34.3 Å². The zero-order valence-corrected chi connectivity index (χ0v) is 26.1. The van der Waals surface area contributed by atoms with Crippen LogP contribution in [0, 0.1) is 18.2 Å². The second kappa shape index (κ2) is 11.4. The number of aryl methyl sites for hydroxylation is 1. The molecule has 0 bridgehead atoms. The first-order valence-corrected chi connectivity index (χ1v) is 15.5. The molecule has 43 heavy (non-hydrogen) atoms. The number of carbonyl (C=O) groups is 1. The number of amides is 1. The third-order valence-corrected chi connectivity index (χ3v) is 9.97. The number of fused-ring (bicyclic) bond motifs is 1. The highest BCUT2D eigenvalue weighted by atomic mass is 32.1. The van der Waals surface area contributed by atoms with Crippen molar-refractivity contribution in [3.63, 3.8) is 0 Å². The number of likely N-dealkylation sites (N-methyl/N-ethyl adjacent to an activating group) is 1. The average Bonchev–Trinajstić information content (AvgIpc) is 3.43. The van der Waals surface area contributed by atoms with E-state index >= 15 is 4.39 Å². The third kappa shape index (κ3) is 5.75. The molecule has 0 spiro atoms. The van der Waals surface area contributed by atoms with Crippen LogP contribution in [0.1, 0.15) is 57.6 Å². The lowest BCUT2D eigenvalue weighted by molar-refractivity contribution is 0.0528. The van der Waals surface area contributed by atoms with E-state index in [9.17, 15) is 15.0 Å². The van der Waals surface area contributed by atoms with Crippen LogP contribution in [-0.2, 0) is 6.42 Å². The van der Waals surface area contributed by atoms with E-state index in [0.717, 1.165) is 35.8 Å². The van der Waals surface area contributed by atoms with Gasteiger partial charge in [0, 0.05) is 43.3 Å². The Balaban J connectivity index is 1.26. The van der Waals surface area contributed by atoms with E-state index in [0.29, 0.717) is 34.8 Å². The molecule has 0 saturated carbocycles. The summed E-state index contributed by atoms with van der Waals surface area (Å²) in [4.78, 5) is 21.9. The monoisotopic (exact) mass is 609 g/mol. The number of aliphatic hydroxyl groups is 2. The van der Waals surface area contributed by atoms with Gasteiger partial charge in [-0.25, -0.2) is 9.82 Å². The highest BCUT2D eigenvalue weighted by Gasteiger charge is 2.40. The number of hydrogen-bond acceptors (Lipinski definition) is 10. The van der Waals surface area contributed by atoms with Gasteiger partial charge in [-0.15, -0.1) is 11.3 Å². The second-order valence-electron chi connectivity index (χ2n) is 12.6. The zero-order chi connectivity index (χ0) is 30.6. The standard InChI is InChI=1S/C31H40FN7O3S/c1-17-7-8-20(26(32)27(17)35-29(41)24-12-21-25(43-24)14-31(2,3)28(21)40)22-13-23(30(42)38(5)36-22)34-18-11-19(37(4)33-15-18)16-39-9-6-10-39/h7-8,11-13,18,28,30,33,36,40,42H,6,9-10,14-16H2,1-5H3,(H,35,41). The molecule has 1 aliphatic carbocycles. The van der Waals surface area contributed by atoms with Crippen molar-refractivity contribution in [3.05, 3.63) is 68.3 Å². The molecule has 5 N–H and O–H groups in total. The predicted molar refractivity (Wildman–Crippen MR) is 167 cm³/mol. The Morgan fingerprint density at radius 3 is 2.72 bits per heavy atom. The Hall–Kier alpha value is -3.13. The second-order valence-corrected chi connectivity index (χ2v) is 13.8. The first-order valence-electron chi connectivity index (χ1n) is 14.7. The Kier molecular flexibility index (Phi) is 7.95. The minimum absolute atomic E-state index is 0.0880. The number of aliphatic hydroxyl groups excluding tert-OH is 2. The van der Waals surface area contributed by atoms with Gasteiger partial charge in [-0.05, 0) is 73.7 Å². The number of aliphatic imine (C=N–C) groups is 1. The molecule has 230 valence electrons. The molecule has 12 heteroatoms.